The molecule has 2 heterocycles. The lowest BCUT2D eigenvalue weighted by Gasteiger charge is -2.12. The van der Waals surface area contributed by atoms with Crippen LogP contribution < -0.4 is 10.1 Å². The molecule has 1 amide bonds. The lowest BCUT2D eigenvalue weighted by Crippen LogP contribution is -2.24. The maximum Gasteiger partial charge on any atom is 0.251 e. The molecule has 0 bridgehead atoms. The molecule has 0 saturated carbocycles. The van der Waals surface area contributed by atoms with Crippen LogP contribution in [0, 0.1) is 0 Å². The molecule has 0 unspecified atom stereocenters. The summed E-state index contributed by atoms with van der Waals surface area (Å²) in [7, 11) is 0. The summed E-state index contributed by atoms with van der Waals surface area (Å²) in [6, 6.07) is 15.0. The van der Waals surface area contributed by atoms with E-state index in [1.54, 1.807) is 0 Å². The highest BCUT2D eigenvalue weighted by Crippen LogP contribution is 2.31. The van der Waals surface area contributed by atoms with Crippen molar-refractivity contribution in [2.75, 3.05) is 13.2 Å². The van der Waals surface area contributed by atoms with Gasteiger partial charge < -0.3 is 10.1 Å². The number of aromatic nitrogens is 1. The summed E-state index contributed by atoms with van der Waals surface area (Å²) in [5, 5.41) is 4.54. The molecule has 3 aromatic rings. The molecule has 31 heavy (non-hydrogen) atoms. The second kappa shape index (κ2) is 9.75. The highest BCUT2D eigenvalue weighted by Gasteiger charge is 2.12. The molecule has 4 rings (SSSR count). The lowest BCUT2D eigenvalue weighted by atomic mass is 10.1. The molecule has 0 spiro atoms. The van der Waals surface area contributed by atoms with Crippen molar-refractivity contribution in [1.29, 1.82) is 0 Å². The second-order valence-electron chi connectivity index (χ2n) is 7.32. The van der Waals surface area contributed by atoms with Crippen LogP contribution in [0.3, 0.4) is 0 Å². The van der Waals surface area contributed by atoms with Gasteiger partial charge in [-0.05, 0) is 50.1 Å². The Kier molecular flexibility index (Phi) is 6.63. The lowest BCUT2D eigenvalue weighted by molar-refractivity contribution is 0.0953. The van der Waals surface area contributed by atoms with E-state index in [1.165, 1.54) is 5.71 Å². The average Bonchev–Trinajstić information content (AvgIpc) is 3.30. The number of benzene rings is 2. The van der Waals surface area contributed by atoms with Gasteiger partial charge in [0.2, 0.25) is 0 Å². The van der Waals surface area contributed by atoms with E-state index in [1.807, 2.05) is 67.7 Å². The molecule has 2 aromatic carbocycles. The molecule has 0 fully saturated rings. The number of hydrogen-bond donors (Lipinski definition) is 1. The summed E-state index contributed by atoms with van der Waals surface area (Å²) in [4.78, 5) is 21.7. The number of pyridine rings is 1. The third-order valence-corrected chi connectivity index (χ3v) is 5.37. The first kappa shape index (κ1) is 21.1. The number of allylic oxidation sites excluding steroid dienone is 1. The van der Waals surface area contributed by atoms with Crippen molar-refractivity contribution in [3.63, 3.8) is 0 Å². The third-order valence-electron chi connectivity index (χ3n) is 5.12. The molecule has 0 atom stereocenters. The van der Waals surface area contributed by atoms with E-state index < -0.39 is 0 Å². The van der Waals surface area contributed by atoms with E-state index in [2.05, 4.69) is 10.3 Å². The summed E-state index contributed by atoms with van der Waals surface area (Å²) in [5.74, 6) is 0.639. The minimum Gasteiger partial charge on any atom is -0.493 e. The molecule has 158 valence electrons. The highest BCUT2D eigenvalue weighted by atomic mass is 35.5. The van der Waals surface area contributed by atoms with Crippen molar-refractivity contribution in [2.45, 2.75) is 26.2 Å². The zero-order chi connectivity index (χ0) is 21.6. The van der Waals surface area contributed by atoms with Crippen LogP contribution >= 0.6 is 11.6 Å². The van der Waals surface area contributed by atoms with E-state index in [4.69, 9.17) is 21.3 Å². The van der Waals surface area contributed by atoms with E-state index in [0.29, 0.717) is 23.7 Å². The van der Waals surface area contributed by atoms with Crippen LogP contribution in [0.5, 0.6) is 5.75 Å². The highest BCUT2D eigenvalue weighted by molar-refractivity contribution is 6.30. The number of carbonyl (C=O) groups is 1. The predicted octanol–water partition coefficient (Wildman–Crippen LogP) is 5.82. The van der Waals surface area contributed by atoms with E-state index in [0.717, 1.165) is 47.2 Å². The topological polar surface area (TPSA) is 63.6 Å². The summed E-state index contributed by atoms with van der Waals surface area (Å²) in [6.07, 6.45) is 6.57. The number of amides is 1. The van der Waals surface area contributed by atoms with Crippen LogP contribution in [0.25, 0.3) is 22.2 Å². The van der Waals surface area contributed by atoms with Crippen LogP contribution in [0.1, 0.15) is 36.5 Å². The molecule has 6 heteroatoms. The van der Waals surface area contributed by atoms with Crippen LogP contribution in [0.15, 0.2) is 65.8 Å². The van der Waals surface area contributed by atoms with Crippen molar-refractivity contribution >= 4 is 34.1 Å². The van der Waals surface area contributed by atoms with Crippen molar-refractivity contribution in [2.24, 2.45) is 4.99 Å². The number of nitrogens with zero attached hydrogens (tertiary/aromatic N) is 2. The molecule has 0 radical (unpaired) electrons. The standard InChI is InChI=1S/C25H24ClN3O2/c1-2-31-24-16-22(17-7-10-19(26)11-8-17)29-23-15-18(9-12-21(23)24)25(30)28-14-4-6-20-5-3-13-27-20/h3,7-13,15-16H,2,4-6,14H2,1H3,(H,28,30). The maximum atomic E-state index is 12.7. The molecule has 0 saturated heterocycles. The smallest absolute Gasteiger partial charge is 0.251 e. The van der Waals surface area contributed by atoms with Crippen molar-refractivity contribution < 1.29 is 9.53 Å². The molecule has 5 nitrogen and oxygen atoms in total. The first-order valence-electron chi connectivity index (χ1n) is 10.5. The van der Waals surface area contributed by atoms with Crippen molar-refractivity contribution in [1.82, 2.24) is 10.3 Å². The molecule has 1 N–H and O–H groups in total. The molecule has 1 aromatic heterocycles. The SMILES string of the molecule is CCOc1cc(-c2ccc(Cl)cc2)nc2cc(C(=O)NCCCC3=NC=CC3)ccc12. The Morgan fingerprint density at radius 1 is 1.16 bits per heavy atom. The fourth-order valence-corrected chi connectivity index (χ4v) is 3.67. The van der Waals surface area contributed by atoms with Gasteiger partial charge in [0.05, 0.1) is 17.8 Å². The van der Waals surface area contributed by atoms with Crippen molar-refractivity contribution in [3.8, 4) is 17.0 Å². The zero-order valence-electron chi connectivity index (χ0n) is 17.4. The van der Waals surface area contributed by atoms with E-state index in [9.17, 15) is 4.79 Å². The van der Waals surface area contributed by atoms with Gasteiger partial charge in [0.1, 0.15) is 5.75 Å². The Morgan fingerprint density at radius 2 is 2.00 bits per heavy atom. The normalized spacial score (nSPS) is 12.8. The van der Waals surface area contributed by atoms with E-state index >= 15 is 0 Å². The Labute approximate surface area is 186 Å². The van der Waals surface area contributed by atoms with Gasteiger partial charge in [-0.1, -0.05) is 29.8 Å². The van der Waals surface area contributed by atoms with Gasteiger partial charge in [0, 0.05) is 52.5 Å². The Balaban J connectivity index is 1.54. The van der Waals surface area contributed by atoms with Gasteiger partial charge in [-0.3, -0.25) is 9.79 Å². The fourth-order valence-electron chi connectivity index (χ4n) is 3.54. The first-order valence-corrected chi connectivity index (χ1v) is 10.8. The Hall–Kier alpha value is -3.18. The van der Waals surface area contributed by atoms with Gasteiger partial charge >= 0.3 is 0 Å². The number of hydrogen-bond acceptors (Lipinski definition) is 4. The zero-order valence-corrected chi connectivity index (χ0v) is 18.2. The average molecular weight is 434 g/mol. The minimum atomic E-state index is -0.106. The number of ether oxygens (including phenoxy) is 1. The summed E-state index contributed by atoms with van der Waals surface area (Å²) in [5.41, 5.74) is 4.18. The van der Waals surface area contributed by atoms with Crippen molar-refractivity contribution in [3.05, 3.63) is 71.4 Å². The van der Waals surface area contributed by atoms with Gasteiger partial charge in [-0.2, -0.15) is 0 Å². The largest absolute Gasteiger partial charge is 0.493 e. The Bertz CT molecular complexity index is 1150. The number of fused-ring (bicyclic) bond motifs is 1. The quantitative estimate of drug-likeness (QED) is 0.455. The first-order chi connectivity index (χ1) is 15.1. The molecule has 1 aliphatic heterocycles. The molecule has 0 aliphatic carbocycles. The number of carbonyl (C=O) groups excluding carboxylic acids is 1. The van der Waals surface area contributed by atoms with Crippen LogP contribution in [0.4, 0.5) is 0 Å². The second-order valence-corrected chi connectivity index (χ2v) is 7.76. The molecule has 1 aliphatic rings. The van der Waals surface area contributed by atoms with Gasteiger partial charge in [0.15, 0.2) is 0 Å². The third kappa shape index (κ3) is 5.12. The predicted molar refractivity (Wildman–Crippen MR) is 126 cm³/mol. The number of halogens is 1. The van der Waals surface area contributed by atoms with Crippen LogP contribution in [-0.4, -0.2) is 29.8 Å². The minimum absolute atomic E-state index is 0.106. The van der Waals surface area contributed by atoms with Gasteiger partial charge in [-0.15, -0.1) is 0 Å². The molecular weight excluding hydrogens is 410 g/mol. The van der Waals surface area contributed by atoms with Gasteiger partial charge in [-0.25, -0.2) is 4.98 Å². The summed E-state index contributed by atoms with van der Waals surface area (Å²) in [6.45, 7) is 3.10. The molecular formula is C25H24ClN3O2. The van der Waals surface area contributed by atoms with E-state index in [-0.39, 0.29) is 5.91 Å². The number of rotatable bonds is 8. The monoisotopic (exact) mass is 433 g/mol. The maximum absolute atomic E-state index is 12.7. The summed E-state index contributed by atoms with van der Waals surface area (Å²) >= 11 is 6.02. The van der Waals surface area contributed by atoms with Crippen LogP contribution in [-0.2, 0) is 0 Å². The van der Waals surface area contributed by atoms with Gasteiger partial charge in [0.25, 0.3) is 5.91 Å². The Morgan fingerprint density at radius 3 is 2.74 bits per heavy atom. The fraction of sp³-hybridized carbons (Fsp3) is 0.240. The number of aliphatic imine (C=N–C) groups is 1. The number of nitrogens with one attached hydrogen (secondary N) is 1. The van der Waals surface area contributed by atoms with Crippen LogP contribution in [0.2, 0.25) is 5.02 Å². The summed E-state index contributed by atoms with van der Waals surface area (Å²) < 4.78 is 5.85.